The van der Waals surface area contributed by atoms with Crippen LogP contribution >= 0.6 is 0 Å². The van der Waals surface area contributed by atoms with Crippen molar-refractivity contribution >= 4 is 11.8 Å². The Hall–Kier alpha value is -3.26. The molecule has 1 atom stereocenters. The van der Waals surface area contributed by atoms with E-state index in [2.05, 4.69) is 20.5 Å². The first kappa shape index (κ1) is 19.5. The molecule has 1 amide bonds. The summed E-state index contributed by atoms with van der Waals surface area (Å²) in [6.07, 6.45) is 0. The molecular formula is C20H19F2N3O3. The number of hydrogen-bond acceptors (Lipinski definition) is 5. The third-order valence-corrected chi connectivity index (χ3v) is 3.93. The largest absolute Gasteiger partial charge is 0.435 e. The minimum Gasteiger partial charge on any atom is -0.435 e. The summed E-state index contributed by atoms with van der Waals surface area (Å²) in [6, 6.07) is 17.1. The van der Waals surface area contributed by atoms with Gasteiger partial charge in [0.15, 0.2) is 0 Å². The van der Waals surface area contributed by atoms with Crippen LogP contribution in [0.25, 0.3) is 0 Å². The lowest BCUT2D eigenvalue weighted by atomic mass is 9.98. The summed E-state index contributed by atoms with van der Waals surface area (Å²) >= 11 is 0. The quantitative estimate of drug-likeness (QED) is 0.613. The van der Waals surface area contributed by atoms with E-state index in [9.17, 15) is 13.6 Å². The number of ether oxygens (including phenoxy) is 1. The van der Waals surface area contributed by atoms with Crippen LogP contribution in [0.2, 0.25) is 0 Å². The van der Waals surface area contributed by atoms with Crippen LogP contribution in [-0.2, 0) is 4.79 Å². The first-order valence-corrected chi connectivity index (χ1v) is 8.57. The van der Waals surface area contributed by atoms with E-state index >= 15 is 0 Å². The lowest BCUT2D eigenvalue weighted by Gasteiger charge is -2.20. The summed E-state index contributed by atoms with van der Waals surface area (Å²) in [4.78, 5) is 12.2. The van der Waals surface area contributed by atoms with Gasteiger partial charge in [0.05, 0.1) is 18.3 Å². The van der Waals surface area contributed by atoms with Crippen molar-refractivity contribution in [2.45, 2.75) is 19.6 Å². The van der Waals surface area contributed by atoms with Crippen molar-refractivity contribution in [3.63, 3.8) is 0 Å². The molecule has 1 unspecified atom stereocenters. The van der Waals surface area contributed by atoms with Gasteiger partial charge in [-0.3, -0.25) is 15.4 Å². The Balaban J connectivity index is 1.71. The van der Waals surface area contributed by atoms with Gasteiger partial charge < -0.3 is 9.26 Å². The Morgan fingerprint density at radius 1 is 1.11 bits per heavy atom. The summed E-state index contributed by atoms with van der Waals surface area (Å²) in [5.74, 6) is 0.0489. The van der Waals surface area contributed by atoms with Crippen LogP contribution < -0.4 is 15.4 Å². The van der Waals surface area contributed by atoms with E-state index in [4.69, 9.17) is 4.52 Å². The van der Waals surface area contributed by atoms with Crippen molar-refractivity contribution in [1.82, 2.24) is 10.5 Å². The second-order valence-electron chi connectivity index (χ2n) is 6.05. The predicted octanol–water partition coefficient (Wildman–Crippen LogP) is 3.90. The zero-order valence-electron chi connectivity index (χ0n) is 15.1. The first-order chi connectivity index (χ1) is 13.5. The molecule has 3 aromatic rings. The normalized spacial score (nSPS) is 12.0. The van der Waals surface area contributed by atoms with Gasteiger partial charge in [0, 0.05) is 6.07 Å². The fourth-order valence-corrected chi connectivity index (χ4v) is 2.71. The zero-order chi connectivity index (χ0) is 19.9. The van der Waals surface area contributed by atoms with E-state index in [1.807, 2.05) is 30.3 Å². The van der Waals surface area contributed by atoms with Gasteiger partial charge in [-0.15, -0.1) is 0 Å². The molecule has 0 saturated carbocycles. The number of nitrogens with one attached hydrogen (secondary N) is 2. The van der Waals surface area contributed by atoms with E-state index in [1.54, 1.807) is 25.1 Å². The fourth-order valence-electron chi connectivity index (χ4n) is 2.71. The molecule has 0 aliphatic heterocycles. The molecule has 0 aliphatic rings. The second kappa shape index (κ2) is 9.09. The van der Waals surface area contributed by atoms with Crippen molar-refractivity contribution in [3.05, 3.63) is 77.5 Å². The number of carbonyl (C=O) groups excluding carboxylic acids is 1. The predicted molar refractivity (Wildman–Crippen MR) is 99.2 cm³/mol. The van der Waals surface area contributed by atoms with Crippen LogP contribution in [0.1, 0.15) is 22.9 Å². The Morgan fingerprint density at radius 2 is 1.79 bits per heavy atom. The van der Waals surface area contributed by atoms with Gasteiger partial charge in [0.25, 0.3) is 0 Å². The number of carbonyl (C=O) groups is 1. The van der Waals surface area contributed by atoms with Crippen LogP contribution in [0, 0.1) is 6.92 Å². The van der Waals surface area contributed by atoms with Crippen LogP contribution in [0.3, 0.4) is 0 Å². The fraction of sp³-hybridized carbons (Fsp3) is 0.200. The maximum absolute atomic E-state index is 12.3. The number of amides is 1. The molecule has 0 radical (unpaired) electrons. The number of halogens is 2. The third kappa shape index (κ3) is 5.37. The smallest absolute Gasteiger partial charge is 0.387 e. The summed E-state index contributed by atoms with van der Waals surface area (Å²) in [5, 5.41) is 9.51. The summed E-state index contributed by atoms with van der Waals surface area (Å²) in [7, 11) is 0. The Labute approximate surface area is 160 Å². The van der Waals surface area contributed by atoms with Crippen LogP contribution in [0.15, 0.2) is 65.2 Å². The van der Waals surface area contributed by atoms with E-state index < -0.39 is 6.61 Å². The molecular weight excluding hydrogens is 368 g/mol. The molecule has 0 bridgehead atoms. The second-order valence-corrected chi connectivity index (χ2v) is 6.05. The number of benzene rings is 2. The highest BCUT2D eigenvalue weighted by atomic mass is 19.3. The highest BCUT2D eigenvalue weighted by molar-refractivity contribution is 5.91. The molecule has 28 heavy (non-hydrogen) atoms. The average Bonchev–Trinajstić information content (AvgIpc) is 3.08. The Morgan fingerprint density at radius 3 is 2.39 bits per heavy atom. The minimum absolute atomic E-state index is 0.00853. The topological polar surface area (TPSA) is 76.4 Å². The molecule has 0 saturated heterocycles. The number of aromatic nitrogens is 1. The molecule has 1 heterocycles. The molecule has 2 aromatic carbocycles. The lowest BCUT2D eigenvalue weighted by molar-refractivity contribution is -0.115. The van der Waals surface area contributed by atoms with Crippen LogP contribution in [0.5, 0.6) is 5.75 Å². The maximum Gasteiger partial charge on any atom is 0.387 e. The van der Waals surface area contributed by atoms with E-state index in [1.165, 1.54) is 12.1 Å². The number of hydrogen-bond donors (Lipinski definition) is 2. The number of aryl methyl sites for hydroxylation is 1. The summed E-state index contributed by atoms with van der Waals surface area (Å²) < 4.78 is 34.0. The number of anilines is 1. The van der Waals surface area contributed by atoms with Crippen molar-refractivity contribution in [2.24, 2.45) is 0 Å². The van der Waals surface area contributed by atoms with E-state index in [0.717, 1.165) is 11.1 Å². The van der Waals surface area contributed by atoms with Crippen molar-refractivity contribution in [1.29, 1.82) is 0 Å². The number of rotatable bonds is 8. The molecule has 0 fully saturated rings. The van der Waals surface area contributed by atoms with Gasteiger partial charge in [-0.25, -0.2) is 0 Å². The highest BCUT2D eigenvalue weighted by Crippen LogP contribution is 2.24. The monoisotopic (exact) mass is 387 g/mol. The maximum atomic E-state index is 12.3. The van der Waals surface area contributed by atoms with Gasteiger partial charge in [0.2, 0.25) is 11.8 Å². The van der Waals surface area contributed by atoms with E-state index in [0.29, 0.717) is 5.69 Å². The zero-order valence-corrected chi connectivity index (χ0v) is 15.1. The molecule has 0 spiro atoms. The first-order valence-electron chi connectivity index (χ1n) is 8.57. The average molecular weight is 387 g/mol. The third-order valence-electron chi connectivity index (χ3n) is 3.93. The minimum atomic E-state index is -2.88. The molecule has 8 heteroatoms. The van der Waals surface area contributed by atoms with Gasteiger partial charge in [-0.05, 0) is 30.2 Å². The molecule has 1 aromatic heterocycles. The molecule has 3 rings (SSSR count). The van der Waals surface area contributed by atoms with Gasteiger partial charge in [-0.1, -0.05) is 47.6 Å². The van der Waals surface area contributed by atoms with Crippen LogP contribution in [-0.4, -0.2) is 24.2 Å². The van der Waals surface area contributed by atoms with Gasteiger partial charge in [0.1, 0.15) is 5.75 Å². The lowest BCUT2D eigenvalue weighted by Crippen LogP contribution is -2.31. The van der Waals surface area contributed by atoms with E-state index in [-0.39, 0.29) is 30.1 Å². The number of nitrogens with zero attached hydrogens (tertiary/aromatic N) is 1. The molecule has 0 aliphatic carbocycles. The SMILES string of the molecule is Cc1cc(NC(=O)CNC(c2ccccc2)c2ccc(OC(F)F)cc2)on1. The summed E-state index contributed by atoms with van der Waals surface area (Å²) in [5.41, 5.74) is 2.39. The van der Waals surface area contributed by atoms with Gasteiger partial charge >= 0.3 is 6.61 Å². The summed E-state index contributed by atoms with van der Waals surface area (Å²) in [6.45, 7) is -1.11. The highest BCUT2D eigenvalue weighted by Gasteiger charge is 2.16. The van der Waals surface area contributed by atoms with Crippen LogP contribution in [0.4, 0.5) is 14.7 Å². The van der Waals surface area contributed by atoms with Crippen molar-refractivity contribution < 1.29 is 22.8 Å². The molecule has 6 nitrogen and oxygen atoms in total. The number of alkyl halides is 2. The Kier molecular flexibility index (Phi) is 6.33. The van der Waals surface area contributed by atoms with Crippen molar-refractivity contribution in [2.75, 3.05) is 11.9 Å². The van der Waals surface area contributed by atoms with Gasteiger partial charge in [-0.2, -0.15) is 8.78 Å². The molecule has 146 valence electrons. The Bertz CT molecular complexity index is 899. The molecule has 2 N–H and O–H groups in total. The standard InChI is InChI=1S/C20H19F2N3O3/c1-13-11-18(28-25-13)24-17(26)12-23-19(14-5-3-2-4-6-14)15-7-9-16(10-8-15)27-20(21)22/h2-11,19-20,23H,12H2,1H3,(H,24,26). The van der Waals surface area contributed by atoms with Crippen molar-refractivity contribution in [3.8, 4) is 5.75 Å².